The van der Waals surface area contributed by atoms with Gasteiger partial charge in [0.25, 0.3) is 0 Å². The molecule has 1 aromatic carbocycles. The number of H-pyrrole nitrogens is 1. The second-order valence-electron chi connectivity index (χ2n) is 6.62. The molecule has 0 amide bonds. The van der Waals surface area contributed by atoms with Gasteiger partial charge in [-0.05, 0) is 38.4 Å². The van der Waals surface area contributed by atoms with Crippen LogP contribution in [0.5, 0.6) is 0 Å². The number of nitrogens with one attached hydrogen (secondary N) is 1. The summed E-state index contributed by atoms with van der Waals surface area (Å²) in [7, 11) is 0. The molecule has 4 rings (SSSR count). The lowest BCUT2D eigenvalue weighted by atomic mass is 9.97. The number of hydrogen-bond acceptors (Lipinski definition) is 5. The molecule has 26 heavy (non-hydrogen) atoms. The third-order valence-electron chi connectivity index (χ3n) is 4.94. The Hall–Kier alpha value is -2.74. The molecule has 0 radical (unpaired) electrons. The molecule has 1 N–H and O–H groups in total. The van der Waals surface area contributed by atoms with Gasteiger partial charge in [-0.15, -0.1) is 0 Å². The molecule has 1 fully saturated rings. The van der Waals surface area contributed by atoms with Gasteiger partial charge in [0.2, 0.25) is 0 Å². The minimum Gasteiger partial charge on any atom is -0.295 e. The van der Waals surface area contributed by atoms with E-state index in [2.05, 4.69) is 32.1 Å². The number of aromatic amines is 1. The van der Waals surface area contributed by atoms with Crippen molar-refractivity contribution in [2.75, 3.05) is 13.1 Å². The monoisotopic (exact) mass is 353 g/mol. The molecule has 1 aliphatic heterocycles. The zero-order valence-corrected chi connectivity index (χ0v) is 14.9. The Kier molecular flexibility index (Phi) is 4.66. The number of aromatic nitrogens is 6. The smallest absolute Gasteiger partial charge is 0.295 e. The first-order valence-electron chi connectivity index (χ1n) is 9.08. The number of likely N-dealkylation sites (tertiary alicyclic amines) is 1. The number of aryl methyl sites for hydroxylation is 1. The van der Waals surface area contributed by atoms with Crippen molar-refractivity contribution in [3.05, 3.63) is 58.8 Å². The summed E-state index contributed by atoms with van der Waals surface area (Å²) in [5.41, 5.74) is 0.665. The topological polar surface area (TPSA) is 84.6 Å². The highest BCUT2D eigenvalue weighted by Crippen LogP contribution is 2.27. The summed E-state index contributed by atoms with van der Waals surface area (Å²) in [4.78, 5) is 19.1. The number of nitrogens with zero attached hydrogens (tertiary/aromatic N) is 6. The average molecular weight is 353 g/mol. The molecular formula is C18H23N7O. The Labute approximate surface area is 151 Å². The molecule has 0 bridgehead atoms. The van der Waals surface area contributed by atoms with Crippen LogP contribution in [0.15, 0.2) is 41.5 Å². The van der Waals surface area contributed by atoms with E-state index in [1.165, 1.54) is 0 Å². The van der Waals surface area contributed by atoms with Gasteiger partial charge in [-0.3, -0.25) is 4.90 Å². The number of para-hydroxylation sites is 1. The molecule has 0 spiro atoms. The van der Waals surface area contributed by atoms with Crippen molar-refractivity contribution in [1.82, 2.24) is 34.4 Å². The predicted octanol–water partition coefficient (Wildman–Crippen LogP) is 1.55. The lowest BCUT2D eigenvalue weighted by Gasteiger charge is -2.31. The van der Waals surface area contributed by atoms with E-state index in [-0.39, 0.29) is 11.6 Å². The van der Waals surface area contributed by atoms with Crippen LogP contribution < -0.4 is 5.69 Å². The van der Waals surface area contributed by atoms with Gasteiger partial charge in [-0.2, -0.15) is 10.2 Å². The van der Waals surface area contributed by atoms with Crippen LogP contribution in [0.2, 0.25) is 0 Å². The van der Waals surface area contributed by atoms with E-state index in [1.807, 2.05) is 35.0 Å². The number of rotatable bonds is 5. The molecule has 0 saturated carbocycles. The molecule has 3 aromatic rings. The average Bonchev–Trinajstić information content (AvgIpc) is 3.28. The number of benzene rings is 1. The van der Waals surface area contributed by atoms with E-state index in [0.29, 0.717) is 0 Å². The Morgan fingerprint density at radius 2 is 2.12 bits per heavy atom. The molecule has 1 aliphatic rings. The minimum absolute atomic E-state index is 0.186. The zero-order chi connectivity index (χ0) is 17.9. The maximum absolute atomic E-state index is 12.3. The van der Waals surface area contributed by atoms with E-state index < -0.39 is 0 Å². The molecule has 8 nitrogen and oxygen atoms in total. The summed E-state index contributed by atoms with van der Waals surface area (Å²) in [6.45, 7) is 5.53. The molecule has 8 heteroatoms. The van der Waals surface area contributed by atoms with Gasteiger partial charge in [-0.1, -0.05) is 18.2 Å². The summed E-state index contributed by atoms with van der Waals surface area (Å²) in [5.74, 6) is 2.00. The Balaban J connectivity index is 1.57. The van der Waals surface area contributed by atoms with Gasteiger partial charge in [0.1, 0.15) is 18.0 Å². The van der Waals surface area contributed by atoms with E-state index >= 15 is 0 Å². The van der Waals surface area contributed by atoms with Gasteiger partial charge in [0.15, 0.2) is 0 Å². The highest BCUT2D eigenvalue weighted by Gasteiger charge is 2.27. The molecule has 136 valence electrons. The fraction of sp³-hybridized carbons (Fsp3) is 0.444. The standard InChI is InChI=1S/C18H23N7O/c1-2-24-16(19-13-20-24)12-23-10-6-7-14(11-23)17-21-22-18(26)25(17)15-8-4-3-5-9-15/h3-5,8-9,13-14H,2,6-7,10-12H2,1H3,(H,22,26)/t14-/m1/s1. The summed E-state index contributed by atoms with van der Waals surface area (Å²) in [6, 6.07) is 9.68. The molecule has 1 saturated heterocycles. The lowest BCUT2D eigenvalue weighted by molar-refractivity contribution is 0.188. The predicted molar refractivity (Wildman–Crippen MR) is 97.1 cm³/mol. The minimum atomic E-state index is -0.186. The van der Waals surface area contributed by atoms with Crippen molar-refractivity contribution in [3.8, 4) is 5.69 Å². The lowest BCUT2D eigenvalue weighted by Crippen LogP contribution is -2.36. The molecule has 2 aromatic heterocycles. The highest BCUT2D eigenvalue weighted by atomic mass is 16.1. The largest absolute Gasteiger partial charge is 0.347 e. The molecule has 0 unspecified atom stereocenters. The van der Waals surface area contributed by atoms with Crippen LogP contribution in [-0.2, 0) is 13.1 Å². The van der Waals surface area contributed by atoms with Crippen molar-refractivity contribution in [2.24, 2.45) is 0 Å². The SMILES string of the molecule is CCn1ncnc1CN1CCC[C@@H](c2n[nH]c(=O)n2-c2ccccc2)C1. The van der Waals surface area contributed by atoms with Crippen LogP contribution in [0, 0.1) is 0 Å². The number of hydrogen-bond donors (Lipinski definition) is 1. The fourth-order valence-electron chi connectivity index (χ4n) is 3.69. The van der Waals surface area contributed by atoms with Crippen LogP contribution in [0.3, 0.4) is 0 Å². The van der Waals surface area contributed by atoms with Crippen LogP contribution >= 0.6 is 0 Å². The van der Waals surface area contributed by atoms with E-state index in [0.717, 1.165) is 56.4 Å². The van der Waals surface area contributed by atoms with Crippen molar-refractivity contribution < 1.29 is 0 Å². The molecule has 0 aliphatic carbocycles. The maximum atomic E-state index is 12.3. The Morgan fingerprint density at radius 3 is 2.92 bits per heavy atom. The van der Waals surface area contributed by atoms with Crippen molar-refractivity contribution in [1.29, 1.82) is 0 Å². The summed E-state index contributed by atoms with van der Waals surface area (Å²) < 4.78 is 3.63. The molecular weight excluding hydrogens is 330 g/mol. The number of piperidine rings is 1. The highest BCUT2D eigenvalue weighted by molar-refractivity contribution is 5.32. The van der Waals surface area contributed by atoms with Crippen molar-refractivity contribution in [2.45, 2.75) is 38.8 Å². The summed E-state index contributed by atoms with van der Waals surface area (Å²) >= 11 is 0. The second-order valence-corrected chi connectivity index (χ2v) is 6.62. The Bertz CT molecular complexity index is 911. The van der Waals surface area contributed by atoms with Gasteiger partial charge in [-0.25, -0.2) is 24.1 Å². The molecule has 3 heterocycles. The normalized spacial score (nSPS) is 18.3. The van der Waals surface area contributed by atoms with E-state index in [9.17, 15) is 4.79 Å². The maximum Gasteiger partial charge on any atom is 0.347 e. The van der Waals surface area contributed by atoms with Gasteiger partial charge < -0.3 is 0 Å². The second kappa shape index (κ2) is 7.25. The van der Waals surface area contributed by atoms with E-state index in [1.54, 1.807) is 10.9 Å². The summed E-state index contributed by atoms with van der Waals surface area (Å²) in [6.07, 6.45) is 3.70. The molecule has 1 atom stereocenters. The van der Waals surface area contributed by atoms with Crippen LogP contribution in [0.25, 0.3) is 5.69 Å². The first-order chi connectivity index (χ1) is 12.8. The van der Waals surface area contributed by atoms with Crippen molar-refractivity contribution in [3.63, 3.8) is 0 Å². The van der Waals surface area contributed by atoms with Gasteiger partial charge in [0.05, 0.1) is 12.2 Å². The first-order valence-corrected chi connectivity index (χ1v) is 9.08. The third kappa shape index (κ3) is 3.20. The summed E-state index contributed by atoms with van der Waals surface area (Å²) in [5, 5.41) is 11.2. The third-order valence-corrected chi connectivity index (χ3v) is 4.94. The quantitative estimate of drug-likeness (QED) is 0.752. The Morgan fingerprint density at radius 1 is 1.27 bits per heavy atom. The fourth-order valence-corrected chi connectivity index (χ4v) is 3.69. The van der Waals surface area contributed by atoms with Gasteiger partial charge in [0, 0.05) is 19.0 Å². The van der Waals surface area contributed by atoms with Crippen LogP contribution in [0.1, 0.15) is 37.3 Å². The van der Waals surface area contributed by atoms with Crippen LogP contribution in [0.4, 0.5) is 0 Å². The van der Waals surface area contributed by atoms with Crippen LogP contribution in [-0.4, -0.2) is 47.5 Å². The van der Waals surface area contributed by atoms with E-state index in [4.69, 9.17) is 0 Å². The zero-order valence-electron chi connectivity index (χ0n) is 14.9. The first kappa shape index (κ1) is 16.7. The van der Waals surface area contributed by atoms with Gasteiger partial charge >= 0.3 is 5.69 Å². The van der Waals surface area contributed by atoms with Crippen molar-refractivity contribution >= 4 is 0 Å².